The summed E-state index contributed by atoms with van der Waals surface area (Å²) < 4.78 is 0. The molecule has 3 rings (SSSR count). The van der Waals surface area contributed by atoms with E-state index in [1.807, 2.05) is 42.6 Å². The van der Waals surface area contributed by atoms with Crippen LogP contribution in [0.4, 0.5) is 11.8 Å². The van der Waals surface area contributed by atoms with Gasteiger partial charge >= 0.3 is 0 Å². The Morgan fingerprint density at radius 3 is 2.56 bits per heavy atom. The molecule has 128 valence electrons. The predicted molar refractivity (Wildman–Crippen MR) is 99.7 cm³/mol. The molecule has 25 heavy (non-hydrogen) atoms. The molecular weight excluding hydrogens is 314 g/mol. The minimum atomic E-state index is -0.156. The van der Waals surface area contributed by atoms with E-state index in [9.17, 15) is 4.79 Å². The van der Waals surface area contributed by atoms with E-state index in [4.69, 9.17) is 0 Å². The zero-order chi connectivity index (χ0) is 17.3. The molecule has 1 aromatic carbocycles. The molecule has 2 aromatic heterocycles. The zero-order valence-corrected chi connectivity index (χ0v) is 13.9. The normalized spacial score (nSPS) is 10.4. The van der Waals surface area contributed by atoms with Gasteiger partial charge in [-0.3, -0.25) is 9.78 Å². The summed E-state index contributed by atoms with van der Waals surface area (Å²) in [4.78, 5) is 24.7. The number of H-pyrrole nitrogens is 1. The number of aromatic nitrogens is 3. The third-order valence-electron chi connectivity index (χ3n) is 3.76. The number of anilines is 2. The van der Waals surface area contributed by atoms with E-state index in [0.717, 1.165) is 25.3 Å². The molecule has 3 aromatic rings. The molecule has 6 nitrogen and oxygen atoms in total. The summed E-state index contributed by atoms with van der Waals surface area (Å²) in [6.07, 6.45) is 4.20. The van der Waals surface area contributed by atoms with E-state index >= 15 is 0 Å². The summed E-state index contributed by atoms with van der Waals surface area (Å²) >= 11 is 0. The van der Waals surface area contributed by atoms with Crippen molar-refractivity contribution in [1.29, 1.82) is 0 Å². The van der Waals surface area contributed by atoms with E-state index in [0.29, 0.717) is 12.5 Å². The maximum Gasteiger partial charge on any atom is 0.252 e. The van der Waals surface area contributed by atoms with Gasteiger partial charge in [-0.05, 0) is 24.1 Å². The number of hydrogen-bond donors (Lipinski definition) is 2. The number of benzene rings is 1. The second-order valence-corrected chi connectivity index (χ2v) is 5.66. The molecule has 0 bridgehead atoms. The Hall–Kier alpha value is -3.15. The second-order valence-electron chi connectivity index (χ2n) is 5.66. The quantitative estimate of drug-likeness (QED) is 0.619. The lowest BCUT2D eigenvalue weighted by atomic mass is 10.2. The van der Waals surface area contributed by atoms with Gasteiger partial charge in [0.05, 0.1) is 0 Å². The van der Waals surface area contributed by atoms with Crippen molar-refractivity contribution in [2.45, 2.75) is 13.0 Å². The molecular formula is C19H21N5O. The van der Waals surface area contributed by atoms with Gasteiger partial charge in [-0.1, -0.05) is 36.4 Å². The fraction of sp³-hybridized carbons (Fsp3) is 0.211. The standard InChI is InChI=1S/C19H21N5O/c25-18-10-13-22-19(23-18)21-12-6-14-24(17-9-4-5-11-20-17)15-16-7-2-1-3-8-16/h1-5,7-11,13H,6,12,14-15H2,(H2,21,22,23,25). The van der Waals surface area contributed by atoms with Crippen LogP contribution in [-0.2, 0) is 6.54 Å². The van der Waals surface area contributed by atoms with Gasteiger partial charge in [0.25, 0.3) is 5.56 Å². The molecule has 0 atom stereocenters. The average Bonchev–Trinajstić information content (AvgIpc) is 2.66. The zero-order valence-electron chi connectivity index (χ0n) is 13.9. The topological polar surface area (TPSA) is 73.9 Å². The molecule has 0 aliphatic heterocycles. The summed E-state index contributed by atoms with van der Waals surface area (Å²) in [5.74, 6) is 1.46. The highest BCUT2D eigenvalue weighted by molar-refractivity contribution is 5.39. The lowest BCUT2D eigenvalue weighted by Crippen LogP contribution is -2.26. The summed E-state index contributed by atoms with van der Waals surface area (Å²) in [6.45, 7) is 2.36. The number of pyridine rings is 1. The SMILES string of the molecule is O=c1ccnc(NCCCN(Cc2ccccc2)c2ccccn2)[nH]1. The van der Waals surface area contributed by atoms with Crippen LogP contribution in [0, 0.1) is 0 Å². The lowest BCUT2D eigenvalue weighted by molar-refractivity contribution is 0.735. The van der Waals surface area contributed by atoms with Crippen LogP contribution < -0.4 is 15.8 Å². The van der Waals surface area contributed by atoms with Crippen LogP contribution in [-0.4, -0.2) is 28.0 Å². The molecule has 0 unspecified atom stereocenters. The Bertz CT molecular complexity index is 820. The number of nitrogens with one attached hydrogen (secondary N) is 2. The van der Waals surface area contributed by atoms with Crippen molar-refractivity contribution in [2.24, 2.45) is 0 Å². The molecule has 0 saturated carbocycles. The van der Waals surface area contributed by atoms with Crippen molar-refractivity contribution >= 4 is 11.8 Å². The first-order chi connectivity index (χ1) is 12.3. The Kier molecular flexibility index (Phi) is 5.77. The summed E-state index contributed by atoms with van der Waals surface area (Å²) in [5.41, 5.74) is 1.09. The second kappa shape index (κ2) is 8.63. The van der Waals surface area contributed by atoms with Gasteiger partial charge in [0.15, 0.2) is 0 Å². The van der Waals surface area contributed by atoms with Gasteiger partial charge in [0.2, 0.25) is 5.95 Å². The van der Waals surface area contributed by atoms with Crippen LogP contribution >= 0.6 is 0 Å². The Morgan fingerprint density at radius 2 is 1.80 bits per heavy atom. The first kappa shape index (κ1) is 16.7. The molecule has 0 saturated heterocycles. The van der Waals surface area contributed by atoms with Gasteiger partial charge < -0.3 is 10.2 Å². The summed E-state index contributed by atoms with van der Waals surface area (Å²) in [7, 11) is 0. The number of hydrogen-bond acceptors (Lipinski definition) is 5. The molecule has 0 fully saturated rings. The van der Waals surface area contributed by atoms with Gasteiger partial charge in [-0.25, -0.2) is 9.97 Å². The van der Waals surface area contributed by atoms with Gasteiger partial charge in [0.1, 0.15) is 5.82 Å². The highest BCUT2D eigenvalue weighted by Crippen LogP contribution is 2.14. The first-order valence-electron chi connectivity index (χ1n) is 8.30. The fourth-order valence-corrected chi connectivity index (χ4v) is 2.56. The van der Waals surface area contributed by atoms with Crippen molar-refractivity contribution in [3.8, 4) is 0 Å². The van der Waals surface area contributed by atoms with Gasteiger partial charge in [-0.15, -0.1) is 0 Å². The fourth-order valence-electron chi connectivity index (χ4n) is 2.56. The molecule has 0 aliphatic carbocycles. The predicted octanol–water partition coefficient (Wildman–Crippen LogP) is 2.67. The molecule has 2 N–H and O–H groups in total. The maximum absolute atomic E-state index is 11.3. The van der Waals surface area contributed by atoms with Gasteiger partial charge in [0, 0.05) is 38.1 Å². The lowest BCUT2D eigenvalue weighted by Gasteiger charge is -2.24. The summed E-state index contributed by atoms with van der Waals surface area (Å²) in [6, 6.07) is 17.7. The third-order valence-corrected chi connectivity index (χ3v) is 3.76. The van der Waals surface area contributed by atoms with Crippen LogP contribution in [0.2, 0.25) is 0 Å². The van der Waals surface area contributed by atoms with E-state index in [1.54, 1.807) is 0 Å². The minimum Gasteiger partial charge on any atom is -0.356 e. The molecule has 0 aliphatic rings. The molecule has 0 spiro atoms. The van der Waals surface area contributed by atoms with E-state index in [1.165, 1.54) is 17.8 Å². The van der Waals surface area contributed by atoms with Crippen molar-refractivity contribution in [3.05, 3.63) is 82.9 Å². The van der Waals surface area contributed by atoms with Crippen molar-refractivity contribution in [3.63, 3.8) is 0 Å². The summed E-state index contributed by atoms with van der Waals surface area (Å²) in [5, 5.41) is 3.14. The third kappa shape index (κ3) is 5.17. The van der Waals surface area contributed by atoms with Crippen LogP contribution in [0.25, 0.3) is 0 Å². The van der Waals surface area contributed by atoms with Crippen LogP contribution in [0.5, 0.6) is 0 Å². The number of aromatic amines is 1. The molecule has 2 heterocycles. The monoisotopic (exact) mass is 335 g/mol. The van der Waals surface area contributed by atoms with E-state index in [2.05, 4.69) is 37.3 Å². The first-order valence-corrected chi connectivity index (χ1v) is 8.30. The highest BCUT2D eigenvalue weighted by atomic mass is 16.1. The maximum atomic E-state index is 11.3. The Morgan fingerprint density at radius 1 is 0.960 bits per heavy atom. The largest absolute Gasteiger partial charge is 0.356 e. The molecule has 0 radical (unpaired) electrons. The Balaban J connectivity index is 1.59. The number of nitrogens with zero attached hydrogens (tertiary/aromatic N) is 3. The number of rotatable bonds is 8. The van der Waals surface area contributed by atoms with E-state index < -0.39 is 0 Å². The van der Waals surface area contributed by atoms with Crippen LogP contribution in [0.15, 0.2) is 71.8 Å². The van der Waals surface area contributed by atoms with E-state index in [-0.39, 0.29) is 5.56 Å². The Labute approximate surface area is 146 Å². The average molecular weight is 335 g/mol. The minimum absolute atomic E-state index is 0.156. The van der Waals surface area contributed by atoms with Crippen molar-refractivity contribution < 1.29 is 0 Å². The van der Waals surface area contributed by atoms with Crippen molar-refractivity contribution in [2.75, 3.05) is 23.3 Å². The van der Waals surface area contributed by atoms with Crippen LogP contribution in [0.1, 0.15) is 12.0 Å². The highest BCUT2D eigenvalue weighted by Gasteiger charge is 2.08. The van der Waals surface area contributed by atoms with Gasteiger partial charge in [-0.2, -0.15) is 0 Å². The molecule has 6 heteroatoms. The smallest absolute Gasteiger partial charge is 0.252 e. The van der Waals surface area contributed by atoms with Crippen molar-refractivity contribution in [1.82, 2.24) is 15.0 Å². The molecule has 0 amide bonds. The van der Waals surface area contributed by atoms with Crippen LogP contribution in [0.3, 0.4) is 0 Å².